The van der Waals surface area contributed by atoms with Crippen LogP contribution in [0.25, 0.3) is 0 Å². The fourth-order valence-electron chi connectivity index (χ4n) is 0.731. The molecule has 2 heteroatoms. The van der Waals surface area contributed by atoms with Gasteiger partial charge < -0.3 is 4.74 Å². The molecule has 0 bridgehead atoms. The summed E-state index contributed by atoms with van der Waals surface area (Å²) in [5.41, 5.74) is 0. The zero-order valence-corrected chi connectivity index (χ0v) is 5.83. The van der Waals surface area contributed by atoms with E-state index < -0.39 is 0 Å². The lowest BCUT2D eigenvalue weighted by Crippen LogP contribution is -1.89. The Morgan fingerprint density at radius 3 is 2.90 bits per heavy atom. The fourth-order valence-corrected chi connectivity index (χ4v) is 0.731. The lowest BCUT2D eigenvalue weighted by molar-refractivity contribution is 0.327. The third-order valence-electron chi connectivity index (χ3n) is 1.12. The molecule has 0 aliphatic heterocycles. The van der Waals surface area contributed by atoms with Gasteiger partial charge in [-0.2, -0.15) is 0 Å². The van der Waals surface area contributed by atoms with Gasteiger partial charge in [0.1, 0.15) is 5.75 Å². The van der Waals surface area contributed by atoms with Crippen LogP contribution in [-0.4, -0.2) is 6.61 Å². The topological polar surface area (TPSA) is 29.1 Å². The van der Waals surface area contributed by atoms with E-state index >= 15 is 0 Å². The van der Waals surface area contributed by atoms with Gasteiger partial charge in [-0.1, -0.05) is 6.07 Å². The number of ether oxygens (including phenoxy) is 1. The first kappa shape index (κ1) is 6.93. The number of benzene rings is 1. The van der Waals surface area contributed by atoms with Crippen molar-refractivity contribution in [1.82, 2.24) is 0 Å². The Labute approximate surface area is 60.1 Å². The SMILES string of the molecule is CCOc1cccc([O])c1. The first-order valence-electron chi connectivity index (χ1n) is 3.23. The van der Waals surface area contributed by atoms with E-state index in [0.717, 1.165) is 0 Å². The van der Waals surface area contributed by atoms with Crippen LogP contribution in [0.4, 0.5) is 0 Å². The predicted octanol–water partition coefficient (Wildman–Crippen LogP) is 2.23. The maximum absolute atomic E-state index is 10.7. The average molecular weight is 137 g/mol. The summed E-state index contributed by atoms with van der Waals surface area (Å²) < 4.78 is 5.09. The summed E-state index contributed by atoms with van der Waals surface area (Å²) in [5.74, 6) is 0.640. The van der Waals surface area contributed by atoms with Gasteiger partial charge in [-0.25, -0.2) is 0 Å². The largest absolute Gasteiger partial charge is 0.494 e. The van der Waals surface area contributed by atoms with E-state index in [1.165, 1.54) is 12.1 Å². The molecule has 0 aliphatic carbocycles. The van der Waals surface area contributed by atoms with Gasteiger partial charge in [0.2, 0.25) is 0 Å². The Bertz CT molecular complexity index is 208. The summed E-state index contributed by atoms with van der Waals surface area (Å²) in [6.07, 6.45) is 0. The van der Waals surface area contributed by atoms with Gasteiger partial charge in [-0.15, -0.1) is 0 Å². The van der Waals surface area contributed by atoms with Crippen molar-refractivity contribution in [3.05, 3.63) is 24.3 Å². The van der Waals surface area contributed by atoms with Crippen LogP contribution in [0.15, 0.2) is 24.3 Å². The van der Waals surface area contributed by atoms with Crippen LogP contribution in [0.1, 0.15) is 6.92 Å². The van der Waals surface area contributed by atoms with Gasteiger partial charge in [0.15, 0.2) is 5.75 Å². The molecule has 10 heavy (non-hydrogen) atoms. The highest BCUT2D eigenvalue weighted by Crippen LogP contribution is 2.17. The van der Waals surface area contributed by atoms with Crippen molar-refractivity contribution in [2.45, 2.75) is 6.92 Å². The van der Waals surface area contributed by atoms with Crippen molar-refractivity contribution >= 4 is 0 Å². The standard InChI is InChI=1S/C8H9O2/c1-2-10-8-5-3-4-7(9)6-8/h3-6H,2H2,1H3. The minimum atomic E-state index is -0.00838. The number of hydrogen-bond acceptors (Lipinski definition) is 1. The Morgan fingerprint density at radius 1 is 1.50 bits per heavy atom. The van der Waals surface area contributed by atoms with E-state index in [9.17, 15) is 5.11 Å². The highest BCUT2D eigenvalue weighted by molar-refractivity contribution is 5.31. The molecule has 0 saturated carbocycles. The maximum Gasteiger partial charge on any atom is 0.182 e. The first-order valence-corrected chi connectivity index (χ1v) is 3.23. The van der Waals surface area contributed by atoms with E-state index in [0.29, 0.717) is 12.4 Å². The van der Waals surface area contributed by atoms with Gasteiger partial charge in [-0.05, 0) is 19.1 Å². The predicted molar refractivity (Wildman–Crippen MR) is 37.7 cm³/mol. The molecule has 0 atom stereocenters. The zero-order valence-electron chi connectivity index (χ0n) is 5.83. The van der Waals surface area contributed by atoms with E-state index in [-0.39, 0.29) is 5.75 Å². The normalized spacial score (nSPS) is 9.30. The molecule has 0 heterocycles. The quantitative estimate of drug-likeness (QED) is 0.614. The van der Waals surface area contributed by atoms with Crippen molar-refractivity contribution in [3.63, 3.8) is 0 Å². The van der Waals surface area contributed by atoms with Gasteiger partial charge in [0, 0.05) is 6.07 Å². The van der Waals surface area contributed by atoms with E-state index in [2.05, 4.69) is 0 Å². The monoisotopic (exact) mass is 137 g/mol. The minimum absolute atomic E-state index is 0.00838. The van der Waals surface area contributed by atoms with Crippen LogP contribution in [-0.2, 0) is 5.11 Å². The third-order valence-corrected chi connectivity index (χ3v) is 1.12. The van der Waals surface area contributed by atoms with Gasteiger partial charge in [0.25, 0.3) is 0 Å². The smallest absolute Gasteiger partial charge is 0.182 e. The molecule has 0 amide bonds. The average Bonchev–Trinajstić information content (AvgIpc) is 1.88. The van der Waals surface area contributed by atoms with Crippen molar-refractivity contribution in [3.8, 4) is 11.5 Å². The summed E-state index contributed by atoms with van der Waals surface area (Å²) in [5, 5.41) is 10.7. The summed E-state index contributed by atoms with van der Waals surface area (Å²) in [4.78, 5) is 0. The first-order chi connectivity index (χ1) is 4.83. The van der Waals surface area contributed by atoms with Crippen LogP contribution in [0.3, 0.4) is 0 Å². The Morgan fingerprint density at radius 2 is 2.30 bits per heavy atom. The van der Waals surface area contributed by atoms with Gasteiger partial charge in [0.05, 0.1) is 6.61 Å². The lowest BCUT2D eigenvalue weighted by atomic mass is 10.3. The Hall–Kier alpha value is -1.18. The van der Waals surface area contributed by atoms with Crippen LogP contribution >= 0.6 is 0 Å². The summed E-state index contributed by atoms with van der Waals surface area (Å²) in [7, 11) is 0. The van der Waals surface area contributed by atoms with Crippen LogP contribution in [0.5, 0.6) is 11.5 Å². The molecule has 1 aromatic rings. The lowest BCUT2D eigenvalue weighted by Gasteiger charge is -2.00. The van der Waals surface area contributed by atoms with E-state index in [1.54, 1.807) is 12.1 Å². The number of hydrogen-bond donors (Lipinski definition) is 0. The highest BCUT2D eigenvalue weighted by Gasteiger charge is 1.92. The second-order valence-corrected chi connectivity index (χ2v) is 1.91. The van der Waals surface area contributed by atoms with Crippen molar-refractivity contribution in [2.24, 2.45) is 0 Å². The molecule has 0 N–H and O–H groups in total. The molecule has 0 unspecified atom stereocenters. The maximum atomic E-state index is 10.7. The summed E-state index contributed by atoms with van der Waals surface area (Å²) in [6.45, 7) is 2.49. The van der Waals surface area contributed by atoms with E-state index in [1.807, 2.05) is 6.92 Å². The molecule has 1 rings (SSSR count). The summed E-state index contributed by atoms with van der Waals surface area (Å²) >= 11 is 0. The molecular formula is C8H9O2. The van der Waals surface area contributed by atoms with Crippen LogP contribution < -0.4 is 4.74 Å². The highest BCUT2D eigenvalue weighted by atomic mass is 16.5. The molecular weight excluding hydrogens is 128 g/mol. The third kappa shape index (κ3) is 1.65. The van der Waals surface area contributed by atoms with Crippen molar-refractivity contribution < 1.29 is 9.84 Å². The molecule has 0 saturated heterocycles. The molecule has 1 radical (unpaired) electrons. The molecule has 0 aliphatic rings. The van der Waals surface area contributed by atoms with Crippen molar-refractivity contribution in [2.75, 3.05) is 6.61 Å². The van der Waals surface area contributed by atoms with E-state index in [4.69, 9.17) is 4.74 Å². The zero-order chi connectivity index (χ0) is 7.40. The molecule has 1 aromatic carbocycles. The minimum Gasteiger partial charge on any atom is -0.494 e. The van der Waals surface area contributed by atoms with Crippen molar-refractivity contribution in [1.29, 1.82) is 0 Å². The molecule has 2 nitrogen and oxygen atoms in total. The Kier molecular flexibility index (Phi) is 2.15. The fraction of sp³-hybridized carbons (Fsp3) is 0.250. The Balaban J connectivity index is 2.75. The molecule has 0 aromatic heterocycles. The van der Waals surface area contributed by atoms with Gasteiger partial charge in [-0.3, -0.25) is 5.11 Å². The second-order valence-electron chi connectivity index (χ2n) is 1.91. The molecule has 53 valence electrons. The molecule has 0 spiro atoms. The van der Waals surface area contributed by atoms with Crippen LogP contribution in [0.2, 0.25) is 0 Å². The molecule has 0 fully saturated rings. The van der Waals surface area contributed by atoms with Crippen LogP contribution in [0, 0.1) is 0 Å². The van der Waals surface area contributed by atoms with Gasteiger partial charge >= 0.3 is 0 Å². The number of rotatable bonds is 2. The second kappa shape index (κ2) is 3.11. The summed E-state index contributed by atoms with van der Waals surface area (Å²) in [6, 6.07) is 6.43.